The van der Waals surface area contributed by atoms with Crippen molar-refractivity contribution < 1.29 is 19.1 Å². The number of nitrogens with one attached hydrogen (secondary N) is 1. The molecule has 0 spiro atoms. The summed E-state index contributed by atoms with van der Waals surface area (Å²) in [6.07, 6.45) is -0.0534. The first-order chi connectivity index (χ1) is 14.0. The van der Waals surface area contributed by atoms with Crippen LogP contribution in [0.25, 0.3) is 0 Å². The molecule has 1 heterocycles. The van der Waals surface area contributed by atoms with E-state index in [4.69, 9.17) is 9.47 Å². The lowest BCUT2D eigenvalue weighted by Gasteiger charge is -2.36. The number of carbonyl (C=O) groups excluding carboxylic acids is 2. The summed E-state index contributed by atoms with van der Waals surface area (Å²) in [5.41, 5.74) is 2.51. The van der Waals surface area contributed by atoms with Gasteiger partial charge in [0.25, 0.3) is 0 Å². The maximum absolute atomic E-state index is 12.7. The highest BCUT2D eigenvalue weighted by Gasteiger charge is 2.28. The van der Waals surface area contributed by atoms with Crippen molar-refractivity contribution in [3.05, 3.63) is 69.7 Å². The van der Waals surface area contributed by atoms with Crippen LogP contribution in [0.15, 0.2) is 53.0 Å². The van der Waals surface area contributed by atoms with E-state index in [9.17, 15) is 9.59 Å². The van der Waals surface area contributed by atoms with E-state index in [2.05, 4.69) is 32.2 Å². The van der Waals surface area contributed by atoms with Gasteiger partial charge in [-0.05, 0) is 42.3 Å². The monoisotopic (exact) mass is 460 g/mol. The van der Waals surface area contributed by atoms with Crippen LogP contribution in [0.3, 0.4) is 0 Å². The number of esters is 1. The molecule has 29 heavy (non-hydrogen) atoms. The zero-order chi connectivity index (χ0) is 20.8. The van der Waals surface area contributed by atoms with Gasteiger partial charge in [-0.25, -0.2) is 4.79 Å². The van der Waals surface area contributed by atoms with Crippen molar-refractivity contribution in [1.82, 2.24) is 10.2 Å². The highest BCUT2D eigenvalue weighted by molar-refractivity contribution is 9.10. The average Bonchev–Trinajstić information content (AvgIpc) is 2.76. The molecule has 3 rings (SSSR count). The predicted octanol–water partition coefficient (Wildman–Crippen LogP) is 3.31. The second-order valence-electron chi connectivity index (χ2n) is 6.99. The highest BCUT2D eigenvalue weighted by Crippen LogP contribution is 2.25. The van der Waals surface area contributed by atoms with Crippen molar-refractivity contribution in [3.63, 3.8) is 0 Å². The van der Waals surface area contributed by atoms with Gasteiger partial charge in [0.05, 0.1) is 31.4 Å². The molecule has 6 nitrogen and oxygen atoms in total. The van der Waals surface area contributed by atoms with Gasteiger partial charge in [-0.1, -0.05) is 40.2 Å². The SMILES string of the molecule is COC(=O)c1ccc(CNC(=O)C(C)N2CCOC(c3cccc(Br)c3)C2)cc1. The van der Waals surface area contributed by atoms with E-state index in [1.54, 1.807) is 12.1 Å². The molecule has 0 radical (unpaired) electrons. The molecule has 0 aliphatic carbocycles. The summed E-state index contributed by atoms with van der Waals surface area (Å²) in [5, 5.41) is 2.98. The molecular formula is C22H25BrN2O4. The number of hydrogen-bond donors (Lipinski definition) is 1. The van der Waals surface area contributed by atoms with Crippen LogP contribution in [0.1, 0.15) is 34.5 Å². The molecule has 1 aliphatic rings. The summed E-state index contributed by atoms with van der Waals surface area (Å²) in [6, 6.07) is 14.8. The summed E-state index contributed by atoms with van der Waals surface area (Å²) >= 11 is 3.50. The van der Waals surface area contributed by atoms with Crippen molar-refractivity contribution in [3.8, 4) is 0 Å². The number of carbonyl (C=O) groups is 2. The number of morpholine rings is 1. The third-order valence-electron chi connectivity index (χ3n) is 5.09. The topological polar surface area (TPSA) is 67.9 Å². The second kappa shape index (κ2) is 10.0. The molecule has 0 bridgehead atoms. The molecule has 2 unspecified atom stereocenters. The molecule has 0 saturated carbocycles. The first-order valence-corrected chi connectivity index (χ1v) is 10.3. The molecule has 1 amide bonds. The Morgan fingerprint density at radius 3 is 2.72 bits per heavy atom. The number of benzene rings is 2. The Labute approximate surface area is 179 Å². The molecule has 1 N–H and O–H groups in total. The summed E-state index contributed by atoms with van der Waals surface area (Å²) < 4.78 is 11.6. The third kappa shape index (κ3) is 5.65. The van der Waals surface area contributed by atoms with Gasteiger partial charge in [-0.15, -0.1) is 0 Å². The van der Waals surface area contributed by atoms with Gasteiger partial charge in [0.15, 0.2) is 0 Å². The Morgan fingerprint density at radius 2 is 2.03 bits per heavy atom. The van der Waals surface area contributed by atoms with Crippen LogP contribution in [0.5, 0.6) is 0 Å². The van der Waals surface area contributed by atoms with Crippen molar-refractivity contribution >= 4 is 27.8 Å². The van der Waals surface area contributed by atoms with Gasteiger partial charge < -0.3 is 14.8 Å². The quantitative estimate of drug-likeness (QED) is 0.669. The highest BCUT2D eigenvalue weighted by atomic mass is 79.9. The van der Waals surface area contributed by atoms with Crippen molar-refractivity contribution in [2.75, 3.05) is 26.8 Å². The van der Waals surface area contributed by atoms with Gasteiger partial charge >= 0.3 is 5.97 Å². The standard InChI is InChI=1S/C22H25BrN2O4/c1-15(21(26)24-13-16-6-8-17(9-7-16)22(27)28-2)25-10-11-29-20(14-25)18-4-3-5-19(23)12-18/h3-9,12,15,20H,10-11,13-14H2,1-2H3,(H,24,26). The van der Waals surface area contributed by atoms with Crippen LogP contribution < -0.4 is 5.32 Å². The number of ether oxygens (including phenoxy) is 2. The lowest BCUT2D eigenvalue weighted by Crippen LogP contribution is -2.50. The predicted molar refractivity (Wildman–Crippen MR) is 113 cm³/mol. The van der Waals surface area contributed by atoms with E-state index in [-0.39, 0.29) is 24.0 Å². The third-order valence-corrected chi connectivity index (χ3v) is 5.58. The van der Waals surface area contributed by atoms with Crippen molar-refractivity contribution in [2.45, 2.75) is 25.6 Å². The van der Waals surface area contributed by atoms with Gasteiger partial charge in [0, 0.05) is 24.1 Å². The fourth-order valence-corrected chi connectivity index (χ4v) is 3.73. The summed E-state index contributed by atoms with van der Waals surface area (Å²) in [4.78, 5) is 26.3. The number of amides is 1. The summed E-state index contributed by atoms with van der Waals surface area (Å²) in [6.45, 7) is 4.29. The van der Waals surface area contributed by atoms with Gasteiger partial charge in [0.2, 0.25) is 5.91 Å². The van der Waals surface area contributed by atoms with E-state index in [1.807, 2.05) is 37.3 Å². The van der Waals surface area contributed by atoms with Gasteiger partial charge in [0.1, 0.15) is 0 Å². The molecular weight excluding hydrogens is 436 g/mol. The smallest absolute Gasteiger partial charge is 0.337 e. The van der Waals surface area contributed by atoms with Crippen LogP contribution in [0, 0.1) is 0 Å². The Balaban J connectivity index is 1.54. The molecule has 7 heteroatoms. The zero-order valence-electron chi connectivity index (χ0n) is 16.6. The minimum absolute atomic E-state index is 0.0306. The number of methoxy groups -OCH3 is 1. The van der Waals surface area contributed by atoms with E-state index in [1.165, 1.54) is 7.11 Å². The van der Waals surface area contributed by atoms with Crippen LogP contribution >= 0.6 is 15.9 Å². The van der Waals surface area contributed by atoms with Crippen LogP contribution in [0.4, 0.5) is 0 Å². The molecule has 1 aliphatic heterocycles. The molecule has 0 aromatic heterocycles. The Kier molecular flexibility index (Phi) is 7.41. The Hall–Kier alpha value is -2.22. The maximum Gasteiger partial charge on any atom is 0.337 e. The average molecular weight is 461 g/mol. The zero-order valence-corrected chi connectivity index (χ0v) is 18.1. The molecule has 2 aromatic rings. The minimum Gasteiger partial charge on any atom is -0.465 e. The van der Waals surface area contributed by atoms with E-state index >= 15 is 0 Å². The minimum atomic E-state index is -0.374. The normalized spacial score (nSPS) is 18.1. The van der Waals surface area contributed by atoms with Crippen molar-refractivity contribution in [1.29, 1.82) is 0 Å². The van der Waals surface area contributed by atoms with Crippen LogP contribution in [-0.4, -0.2) is 49.6 Å². The van der Waals surface area contributed by atoms with Crippen LogP contribution in [0.2, 0.25) is 0 Å². The second-order valence-corrected chi connectivity index (χ2v) is 7.91. The van der Waals surface area contributed by atoms with Gasteiger partial charge in [-0.3, -0.25) is 9.69 Å². The molecule has 1 saturated heterocycles. The maximum atomic E-state index is 12.7. The van der Waals surface area contributed by atoms with E-state index in [0.29, 0.717) is 31.8 Å². The number of rotatable bonds is 6. The number of hydrogen-bond acceptors (Lipinski definition) is 5. The lowest BCUT2D eigenvalue weighted by atomic mass is 10.1. The Morgan fingerprint density at radius 1 is 1.28 bits per heavy atom. The largest absolute Gasteiger partial charge is 0.465 e. The first-order valence-electron chi connectivity index (χ1n) is 9.54. The van der Waals surface area contributed by atoms with Crippen LogP contribution in [-0.2, 0) is 20.8 Å². The number of halogens is 1. The summed E-state index contributed by atoms with van der Waals surface area (Å²) in [5.74, 6) is -0.404. The molecule has 2 aromatic carbocycles. The first kappa shape index (κ1) is 21.5. The van der Waals surface area contributed by atoms with E-state index < -0.39 is 0 Å². The number of nitrogens with zero attached hydrogens (tertiary/aromatic N) is 1. The fraction of sp³-hybridized carbons (Fsp3) is 0.364. The molecule has 154 valence electrons. The van der Waals surface area contributed by atoms with Crippen molar-refractivity contribution in [2.24, 2.45) is 0 Å². The Bertz CT molecular complexity index is 856. The fourth-order valence-electron chi connectivity index (χ4n) is 3.31. The summed E-state index contributed by atoms with van der Waals surface area (Å²) in [7, 11) is 1.35. The van der Waals surface area contributed by atoms with Gasteiger partial charge in [-0.2, -0.15) is 0 Å². The lowest BCUT2D eigenvalue weighted by molar-refractivity contribution is -0.129. The molecule has 1 fully saturated rings. The van der Waals surface area contributed by atoms with E-state index in [0.717, 1.165) is 15.6 Å². The molecule has 2 atom stereocenters.